The maximum absolute atomic E-state index is 11.4. The van der Waals surface area contributed by atoms with Crippen LogP contribution in [0.5, 0.6) is 0 Å². The highest BCUT2D eigenvalue weighted by atomic mass is 16.7. The zero-order chi connectivity index (χ0) is 16.3. The highest BCUT2D eigenvalue weighted by Crippen LogP contribution is 2.78. The lowest BCUT2D eigenvalue weighted by molar-refractivity contribution is -0.211. The zero-order valence-corrected chi connectivity index (χ0v) is 12.8. The molecular weight excluding hydrogens is 280 g/mol. The SMILES string of the molecule is CC(=O)O[C@H]1[C@@]2(O)C(C)(C)[C@@]2(O)CO[C@@]2(O)C(C)(C)[C@@]12O. The summed E-state index contributed by atoms with van der Waals surface area (Å²) in [4.78, 5) is 11.4. The smallest absolute Gasteiger partial charge is 0.303 e. The Hall–Kier alpha value is -0.730. The highest BCUT2D eigenvalue weighted by Gasteiger charge is 3.00. The second kappa shape index (κ2) is 3.28. The van der Waals surface area contributed by atoms with Gasteiger partial charge in [-0.3, -0.25) is 4.79 Å². The second-order valence-corrected chi connectivity index (χ2v) is 7.57. The van der Waals surface area contributed by atoms with Crippen molar-refractivity contribution < 1.29 is 34.7 Å². The van der Waals surface area contributed by atoms with Gasteiger partial charge in [-0.1, -0.05) is 27.7 Å². The average molecular weight is 302 g/mol. The van der Waals surface area contributed by atoms with Gasteiger partial charge in [0.05, 0.1) is 12.0 Å². The first-order valence-corrected chi connectivity index (χ1v) is 6.96. The summed E-state index contributed by atoms with van der Waals surface area (Å²) in [5.74, 6) is -2.71. The van der Waals surface area contributed by atoms with Crippen LogP contribution in [0.4, 0.5) is 0 Å². The van der Waals surface area contributed by atoms with Crippen LogP contribution in [0.15, 0.2) is 0 Å². The molecule has 7 heteroatoms. The quantitative estimate of drug-likeness (QED) is 0.455. The number of esters is 1. The van der Waals surface area contributed by atoms with Gasteiger partial charge in [-0.05, 0) is 0 Å². The molecule has 1 heterocycles. The molecule has 2 aliphatic carbocycles. The van der Waals surface area contributed by atoms with Crippen molar-refractivity contribution in [2.45, 2.75) is 63.3 Å². The Morgan fingerprint density at radius 3 is 2.05 bits per heavy atom. The van der Waals surface area contributed by atoms with Crippen molar-refractivity contribution in [2.24, 2.45) is 10.8 Å². The normalized spacial score (nSPS) is 55.8. The molecule has 4 N–H and O–H groups in total. The standard InChI is InChI=1S/C14H22O7/c1-7(15)21-8-12(17)9(2,3)11(12,16)6-20-14(19)10(4,5)13(8,14)18/h8,16-19H,6H2,1-5H3/t8-,11-,12+,13-,14-/m0/s1. The lowest BCUT2D eigenvalue weighted by Crippen LogP contribution is -2.52. The summed E-state index contributed by atoms with van der Waals surface area (Å²) in [6, 6.07) is 0. The summed E-state index contributed by atoms with van der Waals surface area (Å²) < 4.78 is 10.5. The van der Waals surface area contributed by atoms with Crippen LogP contribution in [0.25, 0.3) is 0 Å². The van der Waals surface area contributed by atoms with Gasteiger partial charge in [-0.15, -0.1) is 0 Å². The van der Waals surface area contributed by atoms with E-state index in [0.29, 0.717) is 0 Å². The third kappa shape index (κ3) is 1.10. The Morgan fingerprint density at radius 1 is 1.05 bits per heavy atom. The van der Waals surface area contributed by atoms with Crippen LogP contribution in [-0.2, 0) is 14.3 Å². The van der Waals surface area contributed by atoms with Gasteiger partial charge in [0.25, 0.3) is 0 Å². The largest absolute Gasteiger partial charge is 0.456 e. The molecule has 0 aromatic rings. The Bertz CT molecular complexity index is 503. The van der Waals surface area contributed by atoms with E-state index in [9.17, 15) is 25.2 Å². The lowest BCUT2D eigenvalue weighted by Gasteiger charge is -2.31. The topological polar surface area (TPSA) is 116 Å². The van der Waals surface area contributed by atoms with Crippen molar-refractivity contribution >= 4 is 5.97 Å². The number of hydrogen-bond acceptors (Lipinski definition) is 7. The summed E-state index contributed by atoms with van der Waals surface area (Å²) in [6.07, 6.45) is -1.50. The fourth-order valence-corrected chi connectivity index (χ4v) is 4.25. The van der Waals surface area contributed by atoms with E-state index in [1.54, 1.807) is 27.7 Å². The lowest BCUT2D eigenvalue weighted by atomic mass is 9.91. The molecule has 3 fully saturated rings. The van der Waals surface area contributed by atoms with Gasteiger partial charge >= 0.3 is 5.97 Å². The molecule has 21 heavy (non-hydrogen) atoms. The fraction of sp³-hybridized carbons (Fsp3) is 0.929. The molecule has 0 radical (unpaired) electrons. The van der Waals surface area contributed by atoms with Crippen LogP contribution >= 0.6 is 0 Å². The number of carbonyl (C=O) groups excluding carboxylic acids is 1. The molecule has 0 unspecified atom stereocenters. The fourth-order valence-electron chi connectivity index (χ4n) is 4.25. The number of aliphatic hydroxyl groups is 4. The monoisotopic (exact) mass is 302 g/mol. The van der Waals surface area contributed by atoms with Crippen LogP contribution in [0.3, 0.4) is 0 Å². The van der Waals surface area contributed by atoms with E-state index in [1.165, 1.54) is 0 Å². The first-order chi connectivity index (χ1) is 9.26. The van der Waals surface area contributed by atoms with E-state index in [2.05, 4.69) is 0 Å². The van der Waals surface area contributed by atoms with Crippen LogP contribution in [0.1, 0.15) is 34.6 Å². The van der Waals surface area contributed by atoms with Gasteiger partial charge in [0.1, 0.15) is 11.2 Å². The number of ether oxygens (including phenoxy) is 2. The first-order valence-electron chi connectivity index (χ1n) is 6.96. The number of fused-ring (bicyclic) bond motifs is 2. The van der Waals surface area contributed by atoms with Gasteiger partial charge in [-0.25, -0.2) is 0 Å². The maximum atomic E-state index is 11.4. The minimum atomic E-state index is -2.00. The van der Waals surface area contributed by atoms with Crippen molar-refractivity contribution in [2.75, 3.05) is 6.61 Å². The Labute approximate surface area is 122 Å². The Morgan fingerprint density at radius 2 is 1.57 bits per heavy atom. The van der Waals surface area contributed by atoms with Crippen LogP contribution in [0, 0.1) is 10.8 Å². The van der Waals surface area contributed by atoms with Crippen LogP contribution in [0.2, 0.25) is 0 Å². The van der Waals surface area contributed by atoms with E-state index in [1.807, 2.05) is 0 Å². The van der Waals surface area contributed by atoms with E-state index < -0.39 is 45.5 Å². The predicted octanol–water partition coefficient (Wildman–Crippen LogP) is -1.09. The van der Waals surface area contributed by atoms with Crippen molar-refractivity contribution in [3.63, 3.8) is 0 Å². The minimum Gasteiger partial charge on any atom is -0.456 e. The molecular formula is C14H22O7. The number of carbonyl (C=O) groups is 1. The molecule has 5 atom stereocenters. The van der Waals surface area contributed by atoms with E-state index in [4.69, 9.17) is 9.47 Å². The van der Waals surface area contributed by atoms with Gasteiger partial charge in [0.15, 0.2) is 11.7 Å². The summed E-state index contributed by atoms with van der Waals surface area (Å²) in [6.45, 7) is 7.06. The predicted molar refractivity (Wildman–Crippen MR) is 68.9 cm³/mol. The van der Waals surface area contributed by atoms with Gasteiger partial charge in [-0.2, -0.15) is 0 Å². The Balaban J connectivity index is 2.16. The highest BCUT2D eigenvalue weighted by molar-refractivity contribution is 5.67. The molecule has 0 spiro atoms. The first kappa shape index (κ1) is 15.2. The molecule has 0 aromatic carbocycles. The summed E-state index contributed by atoms with van der Waals surface area (Å²) in [5, 5.41) is 43.1. The third-order valence-corrected chi connectivity index (χ3v) is 6.34. The van der Waals surface area contributed by atoms with Gasteiger partial charge in [0, 0.05) is 12.3 Å². The molecule has 7 nitrogen and oxygen atoms in total. The molecule has 3 rings (SSSR count). The maximum Gasteiger partial charge on any atom is 0.303 e. The van der Waals surface area contributed by atoms with Gasteiger partial charge < -0.3 is 29.9 Å². The number of hydrogen-bond donors (Lipinski definition) is 4. The summed E-state index contributed by atoms with van der Waals surface area (Å²) in [7, 11) is 0. The average Bonchev–Trinajstić information content (AvgIpc) is 2.89. The molecule has 0 amide bonds. The van der Waals surface area contributed by atoms with E-state index in [-0.39, 0.29) is 6.61 Å². The molecule has 1 aliphatic heterocycles. The number of rotatable bonds is 1. The molecule has 0 bridgehead atoms. The van der Waals surface area contributed by atoms with Crippen molar-refractivity contribution in [1.82, 2.24) is 0 Å². The molecule has 3 aliphatic rings. The van der Waals surface area contributed by atoms with Crippen molar-refractivity contribution in [3.05, 3.63) is 0 Å². The Kier molecular flexibility index (Phi) is 2.37. The van der Waals surface area contributed by atoms with Crippen molar-refractivity contribution in [1.29, 1.82) is 0 Å². The molecule has 120 valence electrons. The molecule has 2 saturated carbocycles. The zero-order valence-electron chi connectivity index (χ0n) is 12.8. The summed E-state index contributed by atoms with van der Waals surface area (Å²) in [5.41, 5.74) is -7.84. The molecule has 0 aromatic heterocycles. The van der Waals surface area contributed by atoms with Crippen molar-refractivity contribution in [3.8, 4) is 0 Å². The van der Waals surface area contributed by atoms with Crippen LogP contribution in [-0.4, -0.2) is 61.7 Å². The van der Waals surface area contributed by atoms with E-state index in [0.717, 1.165) is 6.92 Å². The molecule has 1 saturated heterocycles. The summed E-state index contributed by atoms with van der Waals surface area (Å²) >= 11 is 0. The van der Waals surface area contributed by atoms with Crippen LogP contribution < -0.4 is 0 Å². The third-order valence-electron chi connectivity index (χ3n) is 6.34. The minimum absolute atomic E-state index is 0.365. The second-order valence-electron chi connectivity index (χ2n) is 7.57. The van der Waals surface area contributed by atoms with Gasteiger partial charge in [0.2, 0.25) is 5.79 Å². The van der Waals surface area contributed by atoms with E-state index >= 15 is 0 Å².